The van der Waals surface area contributed by atoms with Crippen LogP contribution >= 0.6 is 10.2 Å². The van der Waals surface area contributed by atoms with Gasteiger partial charge in [0.2, 0.25) is 0 Å². The first-order valence-corrected chi connectivity index (χ1v) is 8.00. The van der Waals surface area contributed by atoms with E-state index in [9.17, 15) is 24.2 Å². The van der Waals surface area contributed by atoms with Gasteiger partial charge in [-0.1, -0.05) is 51.7 Å². The van der Waals surface area contributed by atoms with E-state index < -0.39 is 27.9 Å². The molecule has 0 aromatic carbocycles. The zero-order valence-electron chi connectivity index (χ0n) is 10.9. The summed E-state index contributed by atoms with van der Waals surface area (Å²) in [4.78, 5) is 10.9. The van der Waals surface area contributed by atoms with Crippen LogP contribution in [0.1, 0.15) is 39.5 Å². The standard InChI is InChI=1S/C11H19F5O2S/c1-3-5-6-7-10(19(12,13,14,15)16)8-9-11(17)18-4-2/h8-10H,3-7H2,1-2H3/b9-8+. The minimum absolute atomic E-state index is 0.0277. The molecule has 1 atom stereocenters. The van der Waals surface area contributed by atoms with Crippen LogP contribution in [-0.2, 0) is 9.53 Å². The van der Waals surface area contributed by atoms with Gasteiger partial charge in [-0.3, -0.25) is 0 Å². The van der Waals surface area contributed by atoms with E-state index in [-0.39, 0.29) is 19.1 Å². The molecule has 19 heavy (non-hydrogen) atoms. The second kappa shape index (κ2) is 5.68. The van der Waals surface area contributed by atoms with Gasteiger partial charge < -0.3 is 4.74 Å². The Morgan fingerprint density at radius 2 is 1.74 bits per heavy atom. The lowest BCUT2D eigenvalue weighted by molar-refractivity contribution is -0.137. The van der Waals surface area contributed by atoms with Crippen LogP contribution in [0.2, 0.25) is 0 Å². The molecule has 0 spiro atoms. The Balaban J connectivity index is 4.95. The molecule has 0 bridgehead atoms. The van der Waals surface area contributed by atoms with Gasteiger partial charge in [0.1, 0.15) is 5.25 Å². The molecule has 2 nitrogen and oxygen atoms in total. The third-order valence-electron chi connectivity index (χ3n) is 2.40. The summed E-state index contributed by atoms with van der Waals surface area (Å²) in [5.74, 6) is -1.05. The lowest BCUT2D eigenvalue weighted by Crippen LogP contribution is -2.23. The summed E-state index contributed by atoms with van der Waals surface area (Å²) < 4.78 is 68.1. The van der Waals surface area contributed by atoms with Crippen LogP contribution in [-0.4, -0.2) is 17.8 Å². The highest BCUT2D eigenvalue weighted by Crippen LogP contribution is 3.00. The summed E-state index contributed by atoms with van der Waals surface area (Å²) in [5.41, 5.74) is 0. The third kappa shape index (κ3) is 8.07. The van der Waals surface area contributed by atoms with Gasteiger partial charge in [-0.25, -0.2) is 4.79 Å². The van der Waals surface area contributed by atoms with Gasteiger partial charge in [0.15, 0.2) is 0 Å². The molecule has 8 heteroatoms. The number of halogens is 5. The van der Waals surface area contributed by atoms with E-state index in [4.69, 9.17) is 0 Å². The fraction of sp³-hybridized carbons (Fsp3) is 0.727. The van der Waals surface area contributed by atoms with Crippen molar-refractivity contribution < 1.29 is 29.0 Å². The van der Waals surface area contributed by atoms with E-state index in [0.717, 1.165) is 0 Å². The largest absolute Gasteiger partial charge is 0.463 e. The third-order valence-corrected chi connectivity index (χ3v) is 3.94. The minimum atomic E-state index is -9.63. The molecule has 0 N–H and O–H groups in total. The minimum Gasteiger partial charge on any atom is -0.463 e. The number of unbranched alkanes of at least 4 members (excludes halogenated alkanes) is 2. The Morgan fingerprint density at radius 3 is 2.16 bits per heavy atom. The highest BCUT2D eigenvalue weighted by atomic mass is 32.5. The molecule has 116 valence electrons. The van der Waals surface area contributed by atoms with Crippen LogP contribution in [0.5, 0.6) is 0 Å². The van der Waals surface area contributed by atoms with Gasteiger partial charge in [0, 0.05) is 6.08 Å². The Morgan fingerprint density at radius 1 is 1.16 bits per heavy atom. The molecule has 0 aliphatic heterocycles. The zero-order valence-corrected chi connectivity index (χ0v) is 11.7. The van der Waals surface area contributed by atoms with Crippen molar-refractivity contribution in [1.29, 1.82) is 0 Å². The van der Waals surface area contributed by atoms with E-state index >= 15 is 0 Å². The van der Waals surface area contributed by atoms with Crippen LogP contribution in [0.15, 0.2) is 12.2 Å². The Kier molecular flexibility index (Phi) is 5.45. The van der Waals surface area contributed by atoms with Crippen LogP contribution in [0.4, 0.5) is 19.4 Å². The van der Waals surface area contributed by atoms with Crippen molar-refractivity contribution in [1.82, 2.24) is 0 Å². The number of carbonyl (C=O) groups excluding carboxylic acids is 1. The van der Waals surface area contributed by atoms with Crippen molar-refractivity contribution in [2.75, 3.05) is 6.61 Å². The van der Waals surface area contributed by atoms with Gasteiger partial charge in [0.25, 0.3) is 10.2 Å². The Hall–Kier alpha value is -0.790. The molecule has 0 aliphatic rings. The average molecular weight is 310 g/mol. The highest BCUT2D eigenvalue weighted by Gasteiger charge is 2.68. The van der Waals surface area contributed by atoms with Crippen molar-refractivity contribution in [3.8, 4) is 0 Å². The second-order valence-corrected chi connectivity index (χ2v) is 6.84. The molecular weight excluding hydrogens is 291 g/mol. The molecule has 0 rings (SSSR count). The van der Waals surface area contributed by atoms with E-state index in [0.29, 0.717) is 18.9 Å². The quantitative estimate of drug-likeness (QED) is 0.261. The van der Waals surface area contributed by atoms with Crippen LogP contribution < -0.4 is 0 Å². The van der Waals surface area contributed by atoms with Gasteiger partial charge in [0.05, 0.1) is 6.61 Å². The summed E-state index contributed by atoms with van der Waals surface area (Å²) in [6.45, 7) is 3.19. The predicted octanol–water partition coefficient (Wildman–Crippen LogP) is 5.35. The summed E-state index contributed by atoms with van der Waals surface area (Å²) in [7, 11) is -9.63. The molecule has 0 radical (unpaired) electrons. The number of hydrogen-bond donors (Lipinski definition) is 0. The van der Waals surface area contributed by atoms with Crippen molar-refractivity contribution in [2.24, 2.45) is 0 Å². The number of esters is 1. The first-order chi connectivity index (χ1) is 8.40. The lowest BCUT2D eigenvalue weighted by atomic mass is 10.1. The van der Waals surface area contributed by atoms with Crippen molar-refractivity contribution in [3.63, 3.8) is 0 Å². The topological polar surface area (TPSA) is 26.3 Å². The summed E-state index contributed by atoms with van der Waals surface area (Å²) in [5, 5.41) is -2.88. The number of rotatable bonds is 8. The maximum Gasteiger partial charge on any atom is 0.330 e. The fourth-order valence-corrected chi connectivity index (χ4v) is 2.43. The first kappa shape index (κ1) is 18.2. The molecule has 0 amide bonds. The predicted molar refractivity (Wildman–Crippen MR) is 66.8 cm³/mol. The van der Waals surface area contributed by atoms with E-state index in [2.05, 4.69) is 4.74 Å². The van der Waals surface area contributed by atoms with Crippen molar-refractivity contribution in [3.05, 3.63) is 12.2 Å². The molecular formula is C11H19F5O2S. The molecule has 0 heterocycles. The van der Waals surface area contributed by atoms with Gasteiger partial charge >= 0.3 is 5.97 Å². The molecule has 1 unspecified atom stereocenters. The smallest absolute Gasteiger partial charge is 0.330 e. The van der Waals surface area contributed by atoms with E-state index in [1.54, 1.807) is 6.92 Å². The normalized spacial score (nSPS) is 17.8. The SMILES string of the molecule is CCCCCC(/C=C/C(=O)OCC)S(F)(F)(F)(F)F. The van der Waals surface area contributed by atoms with Gasteiger partial charge in [-0.2, -0.15) is 0 Å². The van der Waals surface area contributed by atoms with Gasteiger partial charge in [-0.15, -0.1) is 0 Å². The molecule has 0 aromatic heterocycles. The van der Waals surface area contributed by atoms with Crippen LogP contribution in [0.25, 0.3) is 0 Å². The lowest BCUT2D eigenvalue weighted by Gasteiger charge is -2.46. The van der Waals surface area contributed by atoms with E-state index in [1.807, 2.05) is 0 Å². The van der Waals surface area contributed by atoms with Gasteiger partial charge in [-0.05, 0) is 13.3 Å². The molecule has 0 aliphatic carbocycles. The Labute approximate surface area is 109 Å². The fourth-order valence-electron chi connectivity index (χ4n) is 1.44. The highest BCUT2D eigenvalue weighted by molar-refractivity contribution is 8.46. The zero-order chi connectivity index (χ0) is 15.2. The summed E-state index contributed by atoms with van der Waals surface area (Å²) >= 11 is 0. The monoisotopic (exact) mass is 310 g/mol. The molecule has 0 saturated heterocycles. The van der Waals surface area contributed by atoms with E-state index in [1.165, 1.54) is 6.92 Å². The molecule has 0 fully saturated rings. The second-order valence-electron chi connectivity index (χ2n) is 4.17. The average Bonchev–Trinajstić information content (AvgIpc) is 2.19. The summed E-state index contributed by atoms with van der Waals surface area (Å²) in [6.07, 6.45) is 1.00. The first-order valence-electron chi connectivity index (χ1n) is 5.98. The van der Waals surface area contributed by atoms with Crippen LogP contribution in [0, 0.1) is 0 Å². The number of carbonyl (C=O) groups is 1. The van der Waals surface area contributed by atoms with Crippen molar-refractivity contribution >= 4 is 16.2 Å². The summed E-state index contributed by atoms with van der Waals surface area (Å²) in [6, 6.07) is 0. The number of hydrogen-bond acceptors (Lipinski definition) is 2. The maximum atomic E-state index is 12.7. The van der Waals surface area contributed by atoms with Crippen molar-refractivity contribution in [2.45, 2.75) is 44.8 Å². The molecule has 0 aromatic rings. The maximum absolute atomic E-state index is 12.7. The van der Waals surface area contributed by atoms with Crippen LogP contribution in [0.3, 0.4) is 0 Å². The number of ether oxygens (including phenoxy) is 1. The molecule has 0 saturated carbocycles. The Bertz CT molecular complexity index is 335.